The van der Waals surface area contributed by atoms with Crippen LogP contribution in [-0.2, 0) is 0 Å². The molecule has 1 aromatic heterocycles. The highest BCUT2D eigenvalue weighted by molar-refractivity contribution is 5.89. The fraction of sp³-hybridized carbons (Fsp3) is 0.500. The Morgan fingerprint density at radius 3 is 2.55 bits per heavy atom. The van der Waals surface area contributed by atoms with Gasteiger partial charge >= 0.3 is 11.8 Å². The molecule has 0 aliphatic rings. The van der Waals surface area contributed by atoms with Gasteiger partial charge in [0.15, 0.2) is 5.82 Å². The van der Waals surface area contributed by atoms with Crippen molar-refractivity contribution in [1.29, 1.82) is 0 Å². The molecule has 1 aromatic rings. The van der Waals surface area contributed by atoms with E-state index >= 15 is 0 Å². The summed E-state index contributed by atoms with van der Waals surface area (Å²) in [6, 6.07) is 0. The lowest BCUT2D eigenvalue weighted by molar-refractivity contribution is 0.0779. The lowest BCUT2D eigenvalue weighted by Crippen LogP contribution is -2.21. The van der Waals surface area contributed by atoms with E-state index in [2.05, 4.69) is 14.7 Å². The Hall–Kier alpha value is -1.39. The minimum atomic E-state index is -0.273. The third-order valence-electron chi connectivity index (χ3n) is 1.12. The number of aryl methyl sites for hydroxylation is 1. The van der Waals surface area contributed by atoms with Gasteiger partial charge in [0.2, 0.25) is 0 Å². The van der Waals surface area contributed by atoms with E-state index in [0.29, 0.717) is 5.82 Å². The third kappa shape index (κ3) is 1.54. The van der Waals surface area contributed by atoms with E-state index in [1.54, 1.807) is 21.0 Å². The molecule has 0 aromatic carbocycles. The summed E-state index contributed by atoms with van der Waals surface area (Å²) in [4.78, 5) is 16.2. The lowest BCUT2D eigenvalue weighted by atomic mass is 10.5. The van der Waals surface area contributed by atoms with Crippen molar-refractivity contribution in [3.63, 3.8) is 0 Å². The van der Waals surface area contributed by atoms with Gasteiger partial charge in [-0.2, -0.15) is 4.98 Å². The second-order valence-corrected chi connectivity index (χ2v) is 2.35. The molecular weight excluding hydrogens is 146 g/mol. The molecule has 5 heteroatoms. The number of aromatic nitrogens is 2. The van der Waals surface area contributed by atoms with Gasteiger partial charge < -0.3 is 9.42 Å². The van der Waals surface area contributed by atoms with Crippen molar-refractivity contribution in [2.45, 2.75) is 6.92 Å². The van der Waals surface area contributed by atoms with Crippen LogP contribution in [0.1, 0.15) is 16.5 Å². The van der Waals surface area contributed by atoms with Gasteiger partial charge in [0.05, 0.1) is 0 Å². The molecule has 0 radical (unpaired) electrons. The van der Waals surface area contributed by atoms with E-state index < -0.39 is 0 Å². The van der Waals surface area contributed by atoms with E-state index in [-0.39, 0.29) is 11.8 Å². The smallest absolute Gasteiger partial charge is 0.316 e. The van der Waals surface area contributed by atoms with E-state index in [0.717, 1.165) is 0 Å². The van der Waals surface area contributed by atoms with Crippen LogP contribution in [0.15, 0.2) is 4.52 Å². The highest BCUT2D eigenvalue weighted by atomic mass is 16.5. The molecule has 1 rings (SSSR count). The second kappa shape index (κ2) is 2.69. The van der Waals surface area contributed by atoms with Crippen molar-refractivity contribution in [3.8, 4) is 0 Å². The number of carbonyl (C=O) groups is 1. The average Bonchev–Trinajstić information content (AvgIpc) is 2.34. The molecule has 0 aliphatic heterocycles. The molecule has 0 saturated heterocycles. The number of hydrogen-bond acceptors (Lipinski definition) is 4. The summed E-state index contributed by atoms with van der Waals surface area (Å²) in [5.74, 6) is 0.230. The fourth-order valence-corrected chi connectivity index (χ4v) is 0.575. The molecule has 0 spiro atoms. The monoisotopic (exact) mass is 155 g/mol. The molecule has 0 N–H and O–H groups in total. The first-order valence-electron chi connectivity index (χ1n) is 3.13. The Bertz CT molecular complexity index is 267. The Kier molecular flexibility index (Phi) is 1.89. The predicted octanol–water partition coefficient (Wildman–Crippen LogP) is 0.0798. The van der Waals surface area contributed by atoms with Crippen molar-refractivity contribution in [1.82, 2.24) is 15.0 Å². The van der Waals surface area contributed by atoms with E-state index in [1.807, 2.05) is 0 Å². The highest BCUT2D eigenvalue weighted by Gasteiger charge is 2.14. The summed E-state index contributed by atoms with van der Waals surface area (Å²) in [7, 11) is 3.25. The van der Waals surface area contributed by atoms with Crippen LogP contribution in [0, 0.1) is 6.92 Å². The quantitative estimate of drug-likeness (QED) is 0.576. The van der Waals surface area contributed by atoms with Crippen LogP contribution in [0.25, 0.3) is 0 Å². The molecule has 0 atom stereocenters. The summed E-state index contributed by atoms with van der Waals surface area (Å²) in [6.45, 7) is 1.66. The number of hydrogen-bond donors (Lipinski definition) is 0. The van der Waals surface area contributed by atoms with Gasteiger partial charge in [-0.05, 0) is 6.92 Å². The van der Waals surface area contributed by atoms with Crippen LogP contribution < -0.4 is 0 Å². The standard InChI is InChI=1S/C6H9N3O2/c1-4-7-5(11-8-4)6(10)9(2)3/h1-3H3. The van der Waals surface area contributed by atoms with Crippen LogP contribution in [0.3, 0.4) is 0 Å². The zero-order valence-corrected chi connectivity index (χ0v) is 6.66. The summed E-state index contributed by atoms with van der Waals surface area (Å²) < 4.78 is 4.64. The van der Waals surface area contributed by atoms with Crippen LogP contribution in [-0.4, -0.2) is 35.0 Å². The minimum absolute atomic E-state index is 0.0347. The molecule has 60 valence electrons. The Balaban J connectivity index is 2.85. The van der Waals surface area contributed by atoms with Crippen LogP contribution in [0.2, 0.25) is 0 Å². The molecular formula is C6H9N3O2. The van der Waals surface area contributed by atoms with Gasteiger partial charge in [0, 0.05) is 14.1 Å². The number of nitrogens with zero attached hydrogens (tertiary/aromatic N) is 3. The first kappa shape index (κ1) is 7.71. The zero-order chi connectivity index (χ0) is 8.43. The van der Waals surface area contributed by atoms with E-state index in [1.165, 1.54) is 4.90 Å². The van der Waals surface area contributed by atoms with Crippen molar-refractivity contribution >= 4 is 5.91 Å². The maximum absolute atomic E-state index is 11.1. The van der Waals surface area contributed by atoms with Crippen molar-refractivity contribution in [2.24, 2.45) is 0 Å². The van der Waals surface area contributed by atoms with Gasteiger partial charge in [0.25, 0.3) is 0 Å². The van der Waals surface area contributed by atoms with Crippen molar-refractivity contribution in [2.75, 3.05) is 14.1 Å². The maximum atomic E-state index is 11.1. The van der Waals surface area contributed by atoms with Crippen LogP contribution in [0.5, 0.6) is 0 Å². The Morgan fingerprint density at radius 2 is 2.18 bits per heavy atom. The van der Waals surface area contributed by atoms with Crippen LogP contribution >= 0.6 is 0 Å². The summed E-state index contributed by atoms with van der Waals surface area (Å²) in [5.41, 5.74) is 0. The van der Waals surface area contributed by atoms with Crippen LogP contribution in [0.4, 0.5) is 0 Å². The Labute approximate surface area is 64.0 Å². The zero-order valence-electron chi connectivity index (χ0n) is 6.66. The molecule has 0 saturated carbocycles. The normalized spacial score (nSPS) is 9.73. The second-order valence-electron chi connectivity index (χ2n) is 2.35. The van der Waals surface area contributed by atoms with E-state index in [4.69, 9.17) is 0 Å². The number of rotatable bonds is 1. The molecule has 1 amide bonds. The maximum Gasteiger partial charge on any atom is 0.316 e. The van der Waals surface area contributed by atoms with Crippen molar-refractivity contribution in [3.05, 3.63) is 11.7 Å². The largest absolute Gasteiger partial charge is 0.341 e. The molecule has 1 heterocycles. The first-order valence-corrected chi connectivity index (χ1v) is 3.13. The predicted molar refractivity (Wildman–Crippen MR) is 37.1 cm³/mol. The molecule has 0 unspecified atom stereocenters. The molecule has 0 fully saturated rings. The molecule has 11 heavy (non-hydrogen) atoms. The van der Waals surface area contributed by atoms with Gasteiger partial charge in [-0.1, -0.05) is 5.16 Å². The summed E-state index contributed by atoms with van der Waals surface area (Å²) in [5, 5.41) is 3.49. The Morgan fingerprint density at radius 1 is 1.55 bits per heavy atom. The topological polar surface area (TPSA) is 59.2 Å². The third-order valence-corrected chi connectivity index (χ3v) is 1.12. The number of amides is 1. The molecule has 0 bridgehead atoms. The van der Waals surface area contributed by atoms with Gasteiger partial charge in [-0.15, -0.1) is 0 Å². The highest BCUT2D eigenvalue weighted by Crippen LogP contribution is 1.97. The minimum Gasteiger partial charge on any atom is -0.341 e. The van der Waals surface area contributed by atoms with Gasteiger partial charge in [-0.25, -0.2) is 0 Å². The van der Waals surface area contributed by atoms with Gasteiger partial charge in [0.1, 0.15) is 0 Å². The number of carbonyl (C=O) groups excluding carboxylic acids is 1. The SMILES string of the molecule is Cc1noc(C(=O)N(C)C)n1. The van der Waals surface area contributed by atoms with Crippen molar-refractivity contribution < 1.29 is 9.32 Å². The van der Waals surface area contributed by atoms with Gasteiger partial charge in [-0.3, -0.25) is 4.79 Å². The lowest BCUT2D eigenvalue weighted by Gasteiger charge is -2.04. The fourth-order valence-electron chi connectivity index (χ4n) is 0.575. The van der Waals surface area contributed by atoms with E-state index in [9.17, 15) is 4.79 Å². The molecule has 0 aliphatic carbocycles. The molecule has 5 nitrogen and oxygen atoms in total. The summed E-state index contributed by atoms with van der Waals surface area (Å²) >= 11 is 0. The average molecular weight is 155 g/mol. The summed E-state index contributed by atoms with van der Waals surface area (Å²) in [6.07, 6.45) is 0. The first-order chi connectivity index (χ1) is 5.11.